The van der Waals surface area contributed by atoms with Crippen LogP contribution in [0.3, 0.4) is 0 Å². The highest BCUT2D eigenvalue weighted by Gasteiger charge is 2.19. The Bertz CT molecular complexity index is 577. The lowest BCUT2D eigenvalue weighted by molar-refractivity contribution is -0.118. The van der Waals surface area contributed by atoms with E-state index < -0.39 is 6.04 Å². The van der Waals surface area contributed by atoms with Crippen LogP contribution < -0.4 is 11.1 Å². The smallest absolute Gasteiger partial charge is 0.241 e. The third-order valence-electron chi connectivity index (χ3n) is 3.50. The van der Waals surface area contributed by atoms with Gasteiger partial charge in [-0.15, -0.1) is 0 Å². The standard InChI is InChI=1S/C15H19N3O/c1-3-10(2)14(16)15(19)18-13-6-4-5-11-9-17-8-7-12(11)13/h4-10,14H,3,16H2,1-2H3,(H,18,19)/t10?,14-/m0/s1. The molecule has 0 spiro atoms. The van der Waals surface area contributed by atoms with Crippen LogP contribution in [0.5, 0.6) is 0 Å². The van der Waals surface area contributed by atoms with E-state index in [-0.39, 0.29) is 11.8 Å². The molecule has 0 aliphatic carbocycles. The van der Waals surface area contributed by atoms with Crippen molar-refractivity contribution in [3.8, 4) is 0 Å². The first-order valence-corrected chi connectivity index (χ1v) is 6.52. The summed E-state index contributed by atoms with van der Waals surface area (Å²) in [6.45, 7) is 4.01. The number of benzene rings is 1. The monoisotopic (exact) mass is 257 g/mol. The molecular formula is C15H19N3O. The van der Waals surface area contributed by atoms with E-state index in [1.807, 2.05) is 38.1 Å². The van der Waals surface area contributed by atoms with Crippen molar-refractivity contribution in [2.24, 2.45) is 11.7 Å². The maximum atomic E-state index is 12.1. The first-order chi connectivity index (χ1) is 9.13. The molecule has 1 aromatic carbocycles. The molecule has 1 unspecified atom stereocenters. The van der Waals surface area contributed by atoms with E-state index in [2.05, 4.69) is 10.3 Å². The Morgan fingerprint density at radius 1 is 1.42 bits per heavy atom. The molecule has 3 N–H and O–H groups in total. The van der Waals surface area contributed by atoms with E-state index in [1.54, 1.807) is 12.4 Å². The summed E-state index contributed by atoms with van der Waals surface area (Å²) in [6.07, 6.45) is 4.38. The van der Waals surface area contributed by atoms with Crippen LogP contribution in [0.25, 0.3) is 10.8 Å². The minimum absolute atomic E-state index is 0.140. The number of amides is 1. The Labute approximate surface area is 113 Å². The fourth-order valence-corrected chi connectivity index (χ4v) is 1.96. The quantitative estimate of drug-likeness (QED) is 0.884. The largest absolute Gasteiger partial charge is 0.324 e. The second-order valence-corrected chi connectivity index (χ2v) is 4.80. The summed E-state index contributed by atoms with van der Waals surface area (Å²) in [7, 11) is 0. The van der Waals surface area contributed by atoms with Gasteiger partial charge in [0.25, 0.3) is 0 Å². The number of fused-ring (bicyclic) bond motifs is 1. The van der Waals surface area contributed by atoms with Crippen LogP contribution in [-0.2, 0) is 4.79 Å². The van der Waals surface area contributed by atoms with E-state index in [0.717, 1.165) is 22.9 Å². The summed E-state index contributed by atoms with van der Waals surface area (Å²) < 4.78 is 0. The lowest BCUT2D eigenvalue weighted by atomic mass is 9.99. The van der Waals surface area contributed by atoms with Gasteiger partial charge in [-0.25, -0.2) is 0 Å². The molecule has 4 nitrogen and oxygen atoms in total. The van der Waals surface area contributed by atoms with E-state index in [0.29, 0.717) is 0 Å². The molecule has 1 amide bonds. The average Bonchev–Trinajstić information content (AvgIpc) is 2.46. The Balaban J connectivity index is 2.24. The molecule has 0 aliphatic rings. The summed E-state index contributed by atoms with van der Waals surface area (Å²) in [4.78, 5) is 16.2. The van der Waals surface area contributed by atoms with E-state index in [1.165, 1.54) is 0 Å². The second-order valence-electron chi connectivity index (χ2n) is 4.80. The van der Waals surface area contributed by atoms with Crippen LogP contribution >= 0.6 is 0 Å². The van der Waals surface area contributed by atoms with Gasteiger partial charge >= 0.3 is 0 Å². The number of nitrogens with two attached hydrogens (primary N) is 1. The fourth-order valence-electron chi connectivity index (χ4n) is 1.96. The predicted molar refractivity (Wildman–Crippen MR) is 77.8 cm³/mol. The van der Waals surface area contributed by atoms with Gasteiger partial charge in [0.15, 0.2) is 0 Å². The molecule has 19 heavy (non-hydrogen) atoms. The third-order valence-corrected chi connectivity index (χ3v) is 3.50. The molecular weight excluding hydrogens is 238 g/mol. The Morgan fingerprint density at radius 3 is 2.95 bits per heavy atom. The summed E-state index contributed by atoms with van der Waals surface area (Å²) in [6, 6.07) is 7.15. The predicted octanol–water partition coefficient (Wildman–Crippen LogP) is 2.55. The van der Waals surface area contributed by atoms with E-state index in [4.69, 9.17) is 5.73 Å². The summed E-state index contributed by atoms with van der Waals surface area (Å²) in [5.74, 6) is 0.0234. The highest BCUT2D eigenvalue weighted by atomic mass is 16.2. The van der Waals surface area contributed by atoms with Crippen LogP contribution in [0, 0.1) is 5.92 Å². The number of pyridine rings is 1. The number of hydrogen-bond acceptors (Lipinski definition) is 3. The molecule has 2 atom stereocenters. The Kier molecular flexibility index (Phi) is 4.12. The number of hydrogen-bond donors (Lipinski definition) is 2. The zero-order valence-corrected chi connectivity index (χ0v) is 11.3. The van der Waals surface area contributed by atoms with Crippen LogP contribution in [0.4, 0.5) is 5.69 Å². The molecule has 0 aliphatic heterocycles. The minimum atomic E-state index is -0.484. The van der Waals surface area contributed by atoms with E-state index >= 15 is 0 Å². The topological polar surface area (TPSA) is 68.0 Å². The first-order valence-electron chi connectivity index (χ1n) is 6.52. The molecule has 0 saturated heterocycles. The molecule has 0 radical (unpaired) electrons. The van der Waals surface area contributed by atoms with Crippen molar-refractivity contribution in [2.45, 2.75) is 26.3 Å². The van der Waals surface area contributed by atoms with Crippen molar-refractivity contribution in [3.63, 3.8) is 0 Å². The highest BCUT2D eigenvalue weighted by Crippen LogP contribution is 2.22. The lowest BCUT2D eigenvalue weighted by Gasteiger charge is -2.18. The van der Waals surface area contributed by atoms with Gasteiger partial charge < -0.3 is 11.1 Å². The van der Waals surface area contributed by atoms with Gasteiger partial charge in [0.2, 0.25) is 5.91 Å². The zero-order chi connectivity index (χ0) is 13.8. The van der Waals surface area contributed by atoms with Crippen molar-refractivity contribution >= 4 is 22.4 Å². The average molecular weight is 257 g/mol. The molecule has 0 fully saturated rings. The van der Waals surface area contributed by atoms with Crippen molar-refractivity contribution in [1.29, 1.82) is 0 Å². The molecule has 4 heteroatoms. The molecule has 1 heterocycles. The first kappa shape index (κ1) is 13.5. The maximum absolute atomic E-state index is 12.1. The van der Waals surface area contributed by atoms with Crippen molar-refractivity contribution in [3.05, 3.63) is 36.7 Å². The van der Waals surface area contributed by atoms with Crippen LogP contribution in [0.2, 0.25) is 0 Å². The minimum Gasteiger partial charge on any atom is -0.324 e. The van der Waals surface area contributed by atoms with Crippen LogP contribution in [0.1, 0.15) is 20.3 Å². The van der Waals surface area contributed by atoms with Gasteiger partial charge in [-0.05, 0) is 18.1 Å². The fraction of sp³-hybridized carbons (Fsp3) is 0.333. The molecule has 100 valence electrons. The third kappa shape index (κ3) is 2.90. The van der Waals surface area contributed by atoms with E-state index in [9.17, 15) is 4.79 Å². The van der Waals surface area contributed by atoms with Gasteiger partial charge in [-0.3, -0.25) is 9.78 Å². The van der Waals surface area contributed by atoms with Crippen LogP contribution in [0.15, 0.2) is 36.7 Å². The van der Waals surface area contributed by atoms with Crippen molar-refractivity contribution in [2.75, 3.05) is 5.32 Å². The van der Waals surface area contributed by atoms with Gasteiger partial charge in [0.05, 0.1) is 6.04 Å². The summed E-state index contributed by atoms with van der Waals surface area (Å²) >= 11 is 0. The number of carbonyl (C=O) groups is 1. The number of rotatable bonds is 4. The number of nitrogens with zero attached hydrogens (tertiary/aromatic N) is 1. The second kappa shape index (κ2) is 5.80. The highest BCUT2D eigenvalue weighted by molar-refractivity contribution is 6.03. The van der Waals surface area contributed by atoms with Crippen molar-refractivity contribution < 1.29 is 4.79 Å². The zero-order valence-electron chi connectivity index (χ0n) is 11.3. The van der Waals surface area contributed by atoms with Gasteiger partial charge in [-0.1, -0.05) is 32.4 Å². The Morgan fingerprint density at radius 2 is 2.21 bits per heavy atom. The molecule has 1 aromatic heterocycles. The number of anilines is 1. The Hall–Kier alpha value is -1.94. The van der Waals surface area contributed by atoms with Gasteiger partial charge in [0.1, 0.15) is 0 Å². The summed E-state index contributed by atoms with van der Waals surface area (Å²) in [5.41, 5.74) is 6.72. The maximum Gasteiger partial charge on any atom is 0.241 e. The normalized spacial score (nSPS) is 14.1. The number of aromatic nitrogens is 1. The number of carbonyl (C=O) groups excluding carboxylic acids is 1. The van der Waals surface area contributed by atoms with Crippen molar-refractivity contribution in [1.82, 2.24) is 4.98 Å². The SMILES string of the molecule is CCC(C)[C@H](N)C(=O)Nc1cccc2cnccc12. The lowest BCUT2D eigenvalue weighted by Crippen LogP contribution is -2.40. The van der Waals surface area contributed by atoms with Gasteiger partial charge in [0, 0.05) is 28.9 Å². The molecule has 0 saturated carbocycles. The van der Waals surface area contributed by atoms with Crippen LogP contribution in [-0.4, -0.2) is 16.9 Å². The molecule has 2 aromatic rings. The number of nitrogens with one attached hydrogen (secondary N) is 1. The summed E-state index contributed by atoms with van der Waals surface area (Å²) in [5, 5.41) is 4.88. The molecule has 0 bridgehead atoms. The van der Waals surface area contributed by atoms with Gasteiger partial charge in [-0.2, -0.15) is 0 Å². The molecule has 2 rings (SSSR count).